The molecule has 0 unspecified atom stereocenters. The first-order valence-electron chi connectivity index (χ1n) is 9.23. The van der Waals surface area contributed by atoms with Gasteiger partial charge in [0.05, 0.1) is 0 Å². The van der Waals surface area contributed by atoms with Crippen LogP contribution in [0.3, 0.4) is 0 Å². The van der Waals surface area contributed by atoms with Crippen LogP contribution >= 0.6 is 7.49 Å². The van der Waals surface area contributed by atoms with Crippen LogP contribution in [0.25, 0.3) is 10.4 Å². The highest BCUT2D eigenvalue weighted by Gasteiger charge is 2.49. The Balaban J connectivity index is 1.98. The Morgan fingerprint density at radius 3 is 1.55 bits per heavy atom. The summed E-state index contributed by atoms with van der Waals surface area (Å²) in [6.07, 6.45) is 0. The smallest absolute Gasteiger partial charge is 0.287 e. The molecule has 4 nitrogen and oxygen atoms in total. The van der Waals surface area contributed by atoms with Crippen molar-refractivity contribution >= 4 is 29.1 Å². The molecule has 0 aliphatic rings. The summed E-state index contributed by atoms with van der Waals surface area (Å²) in [5.74, 6) is 0.666. The normalized spacial score (nSPS) is 10.8. The molecule has 0 amide bonds. The van der Waals surface area contributed by atoms with Gasteiger partial charge in [-0.3, -0.25) is 0 Å². The van der Waals surface area contributed by atoms with E-state index in [1.165, 1.54) is 0 Å². The van der Waals surface area contributed by atoms with E-state index >= 15 is 0 Å². The minimum atomic E-state index is -2.45. The molecular weight excluding hydrogens is 377 g/mol. The summed E-state index contributed by atoms with van der Waals surface area (Å²) in [4.78, 5) is 2.90. The van der Waals surface area contributed by atoms with Crippen molar-refractivity contribution in [3.05, 3.63) is 126 Å². The van der Waals surface area contributed by atoms with Crippen molar-refractivity contribution in [3.63, 3.8) is 0 Å². The van der Waals surface area contributed by atoms with Gasteiger partial charge in [0, 0.05) is 10.6 Å². The predicted molar refractivity (Wildman–Crippen MR) is 121 cm³/mol. The zero-order chi connectivity index (χ0) is 19.9. The second kappa shape index (κ2) is 8.62. The van der Waals surface area contributed by atoms with Crippen LogP contribution in [-0.4, -0.2) is 0 Å². The minimum absolute atomic E-state index is 0.525. The van der Waals surface area contributed by atoms with E-state index in [1.54, 1.807) is 12.1 Å². The summed E-state index contributed by atoms with van der Waals surface area (Å²) < 4.78 is 6.88. The van der Waals surface area contributed by atoms with Crippen LogP contribution < -0.4 is 20.4 Å². The van der Waals surface area contributed by atoms with Gasteiger partial charge in [-0.25, -0.2) is 0 Å². The predicted octanol–water partition coefficient (Wildman–Crippen LogP) is 5.92. The molecule has 0 N–H and O–H groups in total. The molecular formula is C24H19N3OP+. The lowest BCUT2D eigenvalue weighted by Gasteiger charge is -2.26. The fourth-order valence-electron chi connectivity index (χ4n) is 3.33. The first-order valence-corrected chi connectivity index (χ1v) is 10.9. The van der Waals surface area contributed by atoms with Crippen molar-refractivity contribution in [2.24, 2.45) is 5.11 Å². The maximum absolute atomic E-state index is 8.80. The summed E-state index contributed by atoms with van der Waals surface area (Å²) in [6.45, 7) is 0. The van der Waals surface area contributed by atoms with Crippen LogP contribution in [-0.2, 0) is 0 Å². The number of nitrogens with zero attached hydrogens (tertiary/aromatic N) is 3. The van der Waals surface area contributed by atoms with Gasteiger partial charge in [0.1, 0.15) is 15.9 Å². The molecule has 0 saturated carbocycles. The second-order valence-electron chi connectivity index (χ2n) is 6.39. The van der Waals surface area contributed by atoms with Crippen LogP contribution in [0.4, 0.5) is 5.69 Å². The second-order valence-corrected chi connectivity index (χ2v) is 9.34. The number of hydrogen-bond donors (Lipinski definition) is 0. The van der Waals surface area contributed by atoms with E-state index < -0.39 is 7.49 Å². The topological polar surface area (TPSA) is 58.0 Å². The van der Waals surface area contributed by atoms with Crippen molar-refractivity contribution in [2.45, 2.75) is 0 Å². The molecule has 0 aromatic heterocycles. The summed E-state index contributed by atoms with van der Waals surface area (Å²) in [5, 5.41) is 7.08. The molecule has 0 fully saturated rings. The molecule has 4 aromatic rings. The van der Waals surface area contributed by atoms with Gasteiger partial charge in [-0.15, -0.1) is 0 Å². The molecule has 4 aromatic carbocycles. The SMILES string of the molecule is [N-]=[N+]=Nc1cccc(O[P+](c2ccccc2)(c2ccccc2)c2ccccc2)c1. The average molecular weight is 396 g/mol. The molecule has 4 rings (SSSR count). The van der Waals surface area contributed by atoms with Gasteiger partial charge in [0.2, 0.25) is 0 Å². The standard InChI is InChI=1S/C24H19N3OP/c25-27-26-20-11-10-12-21(19-20)28-29(22-13-4-1-5-14-22,23-15-6-2-7-16-23)24-17-8-3-9-18-24/h1-19H/q+1. The van der Waals surface area contributed by atoms with Crippen LogP contribution in [0, 0.1) is 0 Å². The Labute approximate surface area is 170 Å². The summed E-state index contributed by atoms with van der Waals surface area (Å²) in [5.41, 5.74) is 9.33. The quantitative estimate of drug-likeness (QED) is 0.173. The lowest BCUT2D eigenvalue weighted by molar-refractivity contribution is 0.620. The molecule has 0 bridgehead atoms. The van der Waals surface area contributed by atoms with E-state index in [-0.39, 0.29) is 0 Å². The molecule has 0 aliphatic carbocycles. The van der Waals surface area contributed by atoms with E-state index in [2.05, 4.69) is 46.4 Å². The largest absolute Gasteiger partial charge is 0.334 e. The van der Waals surface area contributed by atoms with Crippen LogP contribution in [0.2, 0.25) is 0 Å². The summed E-state index contributed by atoms with van der Waals surface area (Å²) in [6, 6.07) is 38.2. The first-order chi connectivity index (χ1) is 14.3. The first kappa shape index (κ1) is 18.8. The third kappa shape index (κ3) is 3.86. The molecule has 0 spiro atoms. The minimum Gasteiger partial charge on any atom is -0.334 e. The number of benzene rings is 4. The third-order valence-corrected chi connectivity index (χ3v) is 8.14. The fraction of sp³-hybridized carbons (Fsp3) is 0. The highest BCUT2D eigenvalue weighted by molar-refractivity contribution is 7.92. The van der Waals surface area contributed by atoms with Crippen LogP contribution in [0.1, 0.15) is 0 Å². The highest BCUT2D eigenvalue weighted by atomic mass is 31.2. The Bertz CT molecular complexity index is 1030. The van der Waals surface area contributed by atoms with E-state index in [1.807, 2.05) is 66.7 Å². The van der Waals surface area contributed by atoms with Crippen molar-refractivity contribution in [2.75, 3.05) is 0 Å². The highest BCUT2D eigenvalue weighted by Crippen LogP contribution is 2.56. The van der Waals surface area contributed by atoms with E-state index in [9.17, 15) is 0 Å². The summed E-state index contributed by atoms with van der Waals surface area (Å²) in [7, 11) is -2.45. The Morgan fingerprint density at radius 2 is 1.10 bits per heavy atom. The lowest BCUT2D eigenvalue weighted by Crippen LogP contribution is -2.34. The molecule has 0 atom stereocenters. The Kier molecular flexibility index (Phi) is 5.58. The molecule has 5 heteroatoms. The number of hydrogen-bond acceptors (Lipinski definition) is 2. The third-order valence-electron chi connectivity index (χ3n) is 4.58. The van der Waals surface area contributed by atoms with E-state index in [0.29, 0.717) is 11.4 Å². The van der Waals surface area contributed by atoms with Crippen molar-refractivity contribution < 1.29 is 4.52 Å². The maximum atomic E-state index is 8.80. The van der Waals surface area contributed by atoms with Gasteiger partial charge in [0.15, 0.2) is 5.75 Å². The van der Waals surface area contributed by atoms with Crippen molar-refractivity contribution in [3.8, 4) is 5.75 Å². The van der Waals surface area contributed by atoms with E-state index in [4.69, 9.17) is 10.1 Å². The molecule has 0 heterocycles. The van der Waals surface area contributed by atoms with Gasteiger partial charge in [-0.1, -0.05) is 71.8 Å². The zero-order valence-corrected chi connectivity index (χ0v) is 16.6. The molecule has 0 radical (unpaired) electrons. The molecule has 0 saturated heterocycles. The fourth-order valence-corrected chi connectivity index (χ4v) is 6.75. The van der Waals surface area contributed by atoms with Crippen molar-refractivity contribution in [1.82, 2.24) is 0 Å². The van der Waals surface area contributed by atoms with Crippen LogP contribution in [0.5, 0.6) is 5.75 Å². The Hall–Kier alpha value is -3.58. The monoisotopic (exact) mass is 396 g/mol. The molecule has 0 aliphatic heterocycles. The van der Waals surface area contributed by atoms with Gasteiger partial charge < -0.3 is 4.52 Å². The number of rotatable bonds is 6. The van der Waals surface area contributed by atoms with Crippen LogP contribution in [0.15, 0.2) is 120 Å². The Morgan fingerprint density at radius 1 is 0.621 bits per heavy atom. The molecule has 29 heavy (non-hydrogen) atoms. The van der Waals surface area contributed by atoms with Gasteiger partial charge in [-0.05, 0) is 54.1 Å². The van der Waals surface area contributed by atoms with Gasteiger partial charge in [-0.2, -0.15) is 0 Å². The average Bonchev–Trinajstić information content (AvgIpc) is 2.80. The lowest BCUT2D eigenvalue weighted by atomic mass is 10.3. The number of azide groups is 1. The van der Waals surface area contributed by atoms with Gasteiger partial charge >= 0.3 is 0 Å². The maximum Gasteiger partial charge on any atom is 0.287 e. The van der Waals surface area contributed by atoms with E-state index in [0.717, 1.165) is 15.9 Å². The summed E-state index contributed by atoms with van der Waals surface area (Å²) >= 11 is 0. The van der Waals surface area contributed by atoms with Gasteiger partial charge in [0.25, 0.3) is 7.49 Å². The zero-order valence-electron chi connectivity index (χ0n) is 15.7. The molecule has 140 valence electrons. The van der Waals surface area contributed by atoms with Crippen molar-refractivity contribution in [1.29, 1.82) is 0 Å².